The van der Waals surface area contributed by atoms with Crippen molar-refractivity contribution in [3.05, 3.63) is 69.2 Å². The van der Waals surface area contributed by atoms with E-state index in [0.717, 1.165) is 0 Å². The van der Waals surface area contributed by atoms with E-state index < -0.39 is 4.92 Å². The van der Waals surface area contributed by atoms with Gasteiger partial charge in [0.15, 0.2) is 0 Å². The Balaban J connectivity index is 1.89. The van der Waals surface area contributed by atoms with Crippen LogP contribution in [0.5, 0.6) is 0 Å². The molecule has 2 aromatic rings. The number of carbonyl (C=O) groups is 2. The highest BCUT2D eigenvalue weighted by Crippen LogP contribution is 2.37. The standard InChI is InChI=1S/C21H20ClN3O4/c1-15(26)23-11-13-24(14-12-23)20(27)10-9-16-5-4-8-19(25(28)29)21(16)17-6-2-3-7-18(17)22/h2-10H,11-14H2,1H3. The maximum atomic E-state index is 12.6. The van der Waals surface area contributed by atoms with Crippen molar-refractivity contribution in [2.75, 3.05) is 26.2 Å². The fourth-order valence-electron chi connectivity index (χ4n) is 3.31. The van der Waals surface area contributed by atoms with Gasteiger partial charge in [0, 0.05) is 55.8 Å². The first-order valence-corrected chi connectivity index (χ1v) is 9.51. The van der Waals surface area contributed by atoms with Crippen LogP contribution in [-0.2, 0) is 9.59 Å². The summed E-state index contributed by atoms with van der Waals surface area (Å²) in [4.78, 5) is 38.4. The molecule has 7 nitrogen and oxygen atoms in total. The summed E-state index contributed by atoms with van der Waals surface area (Å²) >= 11 is 6.28. The molecule has 8 heteroatoms. The summed E-state index contributed by atoms with van der Waals surface area (Å²) in [5, 5.41) is 12.0. The summed E-state index contributed by atoms with van der Waals surface area (Å²) in [5.41, 5.74) is 1.35. The fourth-order valence-corrected chi connectivity index (χ4v) is 3.54. The predicted octanol–water partition coefficient (Wildman–Crippen LogP) is 3.62. The van der Waals surface area contributed by atoms with Crippen molar-refractivity contribution >= 4 is 35.2 Å². The van der Waals surface area contributed by atoms with Gasteiger partial charge in [-0.3, -0.25) is 19.7 Å². The van der Waals surface area contributed by atoms with E-state index in [1.807, 2.05) is 0 Å². The molecule has 2 aromatic carbocycles. The van der Waals surface area contributed by atoms with Crippen molar-refractivity contribution in [1.82, 2.24) is 9.80 Å². The first kappa shape index (κ1) is 20.5. The molecule has 2 amide bonds. The van der Waals surface area contributed by atoms with Crippen molar-refractivity contribution in [3.63, 3.8) is 0 Å². The summed E-state index contributed by atoms with van der Waals surface area (Å²) in [7, 11) is 0. The molecule has 0 unspecified atom stereocenters. The van der Waals surface area contributed by atoms with E-state index in [1.54, 1.807) is 52.3 Å². The third-order valence-corrected chi connectivity index (χ3v) is 5.19. The average Bonchev–Trinajstić information content (AvgIpc) is 2.72. The van der Waals surface area contributed by atoms with Crippen molar-refractivity contribution < 1.29 is 14.5 Å². The van der Waals surface area contributed by atoms with Crippen LogP contribution >= 0.6 is 11.6 Å². The minimum absolute atomic E-state index is 0.00591. The van der Waals surface area contributed by atoms with Crippen molar-refractivity contribution in [2.24, 2.45) is 0 Å². The maximum Gasteiger partial charge on any atom is 0.277 e. The Kier molecular flexibility index (Phi) is 6.29. The van der Waals surface area contributed by atoms with Crippen molar-refractivity contribution in [3.8, 4) is 11.1 Å². The molecular formula is C21H20ClN3O4. The first-order valence-electron chi connectivity index (χ1n) is 9.13. The number of hydrogen-bond donors (Lipinski definition) is 0. The lowest BCUT2D eigenvalue weighted by atomic mass is 9.97. The van der Waals surface area contributed by atoms with Crippen LogP contribution < -0.4 is 0 Å². The molecule has 0 aromatic heterocycles. The van der Waals surface area contributed by atoms with Gasteiger partial charge in [-0.2, -0.15) is 0 Å². The molecule has 0 atom stereocenters. The SMILES string of the molecule is CC(=O)N1CCN(C(=O)C=Cc2cccc([N+](=O)[O-])c2-c2ccccc2Cl)CC1. The lowest BCUT2D eigenvalue weighted by Crippen LogP contribution is -2.49. The van der Waals surface area contributed by atoms with Gasteiger partial charge < -0.3 is 9.80 Å². The highest BCUT2D eigenvalue weighted by Gasteiger charge is 2.22. The van der Waals surface area contributed by atoms with Crippen molar-refractivity contribution in [1.29, 1.82) is 0 Å². The lowest BCUT2D eigenvalue weighted by Gasteiger charge is -2.33. The van der Waals surface area contributed by atoms with E-state index in [1.165, 1.54) is 19.1 Å². The van der Waals surface area contributed by atoms with Gasteiger partial charge in [-0.1, -0.05) is 41.9 Å². The zero-order chi connectivity index (χ0) is 21.0. The molecule has 1 heterocycles. The molecular weight excluding hydrogens is 394 g/mol. The number of carbonyl (C=O) groups excluding carboxylic acids is 2. The highest BCUT2D eigenvalue weighted by molar-refractivity contribution is 6.33. The molecule has 1 fully saturated rings. The van der Waals surface area contributed by atoms with Gasteiger partial charge in [-0.05, 0) is 17.7 Å². The zero-order valence-electron chi connectivity index (χ0n) is 15.9. The smallest absolute Gasteiger partial charge is 0.277 e. The second-order valence-corrected chi connectivity index (χ2v) is 7.05. The number of hydrogen-bond acceptors (Lipinski definition) is 4. The molecule has 29 heavy (non-hydrogen) atoms. The normalized spacial score (nSPS) is 14.3. The van der Waals surface area contributed by atoms with E-state index in [4.69, 9.17) is 11.6 Å². The third-order valence-electron chi connectivity index (χ3n) is 4.86. The molecule has 1 saturated heterocycles. The van der Waals surface area contributed by atoms with E-state index in [-0.39, 0.29) is 17.5 Å². The molecule has 0 radical (unpaired) electrons. The van der Waals surface area contributed by atoms with Gasteiger partial charge in [0.25, 0.3) is 5.69 Å². The number of rotatable bonds is 4. The summed E-state index contributed by atoms with van der Waals surface area (Å²) < 4.78 is 0. The summed E-state index contributed by atoms with van der Waals surface area (Å²) in [6.45, 7) is 3.41. The third kappa shape index (κ3) is 4.63. The Morgan fingerprint density at radius 1 is 1.03 bits per heavy atom. The van der Waals surface area contributed by atoms with Crippen LogP contribution in [-0.4, -0.2) is 52.7 Å². The number of benzene rings is 2. The highest BCUT2D eigenvalue weighted by atomic mass is 35.5. The average molecular weight is 414 g/mol. The molecule has 150 valence electrons. The Morgan fingerprint density at radius 2 is 1.69 bits per heavy atom. The fraction of sp³-hybridized carbons (Fsp3) is 0.238. The number of piperazine rings is 1. The predicted molar refractivity (Wildman–Crippen MR) is 111 cm³/mol. The number of nitro benzene ring substituents is 1. The molecule has 1 aliphatic heterocycles. The minimum atomic E-state index is -0.460. The van der Waals surface area contributed by atoms with Crippen molar-refractivity contribution in [2.45, 2.75) is 6.92 Å². The van der Waals surface area contributed by atoms with Gasteiger partial charge in [-0.15, -0.1) is 0 Å². The summed E-state index contributed by atoms with van der Waals surface area (Å²) in [6.07, 6.45) is 2.98. The number of nitro groups is 1. The molecule has 0 N–H and O–H groups in total. The van der Waals surface area contributed by atoms with E-state index >= 15 is 0 Å². The second-order valence-electron chi connectivity index (χ2n) is 6.64. The Morgan fingerprint density at radius 3 is 2.31 bits per heavy atom. The Bertz CT molecular complexity index is 982. The Labute approximate surface area is 173 Å². The molecule has 0 saturated carbocycles. The monoisotopic (exact) mass is 413 g/mol. The quantitative estimate of drug-likeness (QED) is 0.435. The molecule has 0 spiro atoms. The summed E-state index contributed by atoms with van der Waals surface area (Å²) in [5.74, 6) is -0.210. The molecule has 0 bridgehead atoms. The molecule has 1 aliphatic rings. The van der Waals surface area contributed by atoms with Gasteiger partial charge in [0.2, 0.25) is 11.8 Å². The Hall–Kier alpha value is -3.19. The minimum Gasteiger partial charge on any atom is -0.339 e. The second kappa shape index (κ2) is 8.87. The maximum absolute atomic E-state index is 12.6. The zero-order valence-corrected chi connectivity index (χ0v) is 16.6. The number of amides is 2. The summed E-state index contributed by atoms with van der Waals surface area (Å²) in [6, 6.07) is 11.6. The largest absolute Gasteiger partial charge is 0.339 e. The van der Waals surface area contributed by atoms with Crippen LogP contribution in [0.25, 0.3) is 17.2 Å². The van der Waals surface area contributed by atoms with Crippen LogP contribution in [0.1, 0.15) is 12.5 Å². The van der Waals surface area contributed by atoms with Crippen LogP contribution in [0.4, 0.5) is 5.69 Å². The molecule has 0 aliphatic carbocycles. The van der Waals surface area contributed by atoms with Crippen LogP contribution in [0.15, 0.2) is 48.5 Å². The van der Waals surface area contributed by atoms with Gasteiger partial charge in [0.05, 0.1) is 10.5 Å². The number of nitrogens with zero attached hydrogens (tertiary/aromatic N) is 3. The van der Waals surface area contributed by atoms with Crippen LogP contribution in [0.2, 0.25) is 5.02 Å². The van der Waals surface area contributed by atoms with Gasteiger partial charge >= 0.3 is 0 Å². The topological polar surface area (TPSA) is 83.8 Å². The van der Waals surface area contributed by atoms with E-state index in [9.17, 15) is 19.7 Å². The van der Waals surface area contributed by atoms with Crippen LogP contribution in [0, 0.1) is 10.1 Å². The lowest BCUT2D eigenvalue weighted by molar-refractivity contribution is -0.384. The van der Waals surface area contributed by atoms with E-state index in [0.29, 0.717) is 47.9 Å². The molecule has 3 rings (SSSR count). The first-order chi connectivity index (χ1) is 13.9. The van der Waals surface area contributed by atoms with Gasteiger partial charge in [-0.25, -0.2) is 0 Å². The number of halogens is 1. The van der Waals surface area contributed by atoms with Gasteiger partial charge in [0.1, 0.15) is 0 Å². The van der Waals surface area contributed by atoms with Crippen LogP contribution in [0.3, 0.4) is 0 Å². The van der Waals surface area contributed by atoms with E-state index in [2.05, 4.69) is 0 Å².